The summed E-state index contributed by atoms with van der Waals surface area (Å²) in [6, 6.07) is 5.90. The Bertz CT molecular complexity index is 630. The van der Waals surface area contributed by atoms with E-state index >= 15 is 0 Å². The van der Waals surface area contributed by atoms with E-state index in [1.165, 1.54) is 30.3 Å². The lowest BCUT2D eigenvalue weighted by atomic mass is 10.1. The van der Waals surface area contributed by atoms with Gasteiger partial charge in [0.25, 0.3) is 0 Å². The number of likely N-dealkylation sites (N-methyl/N-ethyl adjacent to an activating group) is 1. The van der Waals surface area contributed by atoms with Crippen molar-refractivity contribution < 1.29 is 22.7 Å². The Morgan fingerprint density at radius 2 is 2.00 bits per heavy atom. The molecular formula is C14H14F4N2O. The zero-order valence-corrected chi connectivity index (χ0v) is 11.2. The van der Waals surface area contributed by atoms with Crippen molar-refractivity contribution in [2.24, 2.45) is 0 Å². The summed E-state index contributed by atoms with van der Waals surface area (Å²) >= 11 is 0. The minimum atomic E-state index is -4.66. The van der Waals surface area contributed by atoms with Crippen LogP contribution in [0, 0.1) is 5.82 Å². The first-order valence-corrected chi connectivity index (χ1v) is 6.24. The van der Waals surface area contributed by atoms with Gasteiger partial charge in [0, 0.05) is 24.7 Å². The topological polar surface area (TPSA) is 36.4 Å². The number of hydrogen-bond acceptors (Lipinski definition) is 3. The highest BCUT2D eigenvalue weighted by Crippen LogP contribution is 2.23. The fraction of sp³-hybridized carbons (Fsp3) is 0.357. The molecule has 1 aromatic carbocycles. The second-order valence-corrected chi connectivity index (χ2v) is 4.86. The van der Waals surface area contributed by atoms with Gasteiger partial charge in [-0.2, -0.15) is 13.2 Å². The number of fused-ring (bicyclic) bond motifs is 1. The number of aliphatic hydroxyl groups excluding tert-OH is 1. The van der Waals surface area contributed by atoms with Gasteiger partial charge in [-0.05, 0) is 30.8 Å². The van der Waals surface area contributed by atoms with Crippen molar-refractivity contribution in [3.05, 3.63) is 41.8 Å². The molecule has 0 spiro atoms. The number of aliphatic hydroxyl groups is 1. The molecular weight excluding hydrogens is 288 g/mol. The molecule has 7 heteroatoms. The van der Waals surface area contributed by atoms with Crippen molar-refractivity contribution in [3.8, 4) is 0 Å². The van der Waals surface area contributed by atoms with Gasteiger partial charge in [-0.3, -0.25) is 9.88 Å². The van der Waals surface area contributed by atoms with Gasteiger partial charge >= 0.3 is 6.18 Å². The molecule has 1 N–H and O–H groups in total. The van der Waals surface area contributed by atoms with Gasteiger partial charge in [0.2, 0.25) is 0 Å². The number of rotatable bonds is 4. The SMILES string of the molecule is CN(Cc1ccc(F)c2cccnc12)CC(O)C(F)(F)F. The fourth-order valence-corrected chi connectivity index (χ4v) is 2.08. The maximum Gasteiger partial charge on any atom is 0.415 e. The average molecular weight is 302 g/mol. The quantitative estimate of drug-likeness (QED) is 0.882. The van der Waals surface area contributed by atoms with Crippen LogP contribution in [0.4, 0.5) is 17.6 Å². The molecule has 0 aliphatic heterocycles. The van der Waals surface area contributed by atoms with E-state index in [-0.39, 0.29) is 6.54 Å². The molecule has 0 aliphatic carbocycles. The Morgan fingerprint density at radius 3 is 2.67 bits per heavy atom. The molecule has 21 heavy (non-hydrogen) atoms. The molecule has 1 unspecified atom stereocenters. The number of pyridine rings is 1. The normalized spacial score (nSPS) is 13.9. The predicted octanol–water partition coefficient (Wildman–Crippen LogP) is 2.73. The van der Waals surface area contributed by atoms with Crippen molar-refractivity contribution in [1.82, 2.24) is 9.88 Å². The lowest BCUT2D eigenvalue weighted by Crippen LogP contribution is -2.39. The molecule has 2 aromatic rings. The summed E-state index contributed by atoms with van der Waals surface area (Å²) in [4.78, 5) is 5.39. The number of nitrogens with zero attached hydrogens (tertiary/aromatic N) is 2. The lowest BCUT2D eigenvalue weighted by molar-refractivity contribution is -0.207. The summed E-state index contributed by atoms with van der Waals surface area (Å²) in [5.74, 6) is -0.431. The highest BCUT2D eigenvalue weighted by atomic mass is 19.4. The number of aromatic nitrogens is 1. The predicted molar refractivity (Wildman–Crippen MR) is 70.1 cm³/mol. The lowest BCUT2D eigenvalue weighted by Gasteiger charge is -2.22. The first-order valence-electron chi connectivity index (χ1n) is 6.24. The molecule has 1 aromatic heterocycles. The van der Waals surface area contributed by atoms with Crippen molar-refractivity contribution in [2.45, 2.75) is 18.8 Å². The smallest absolute Gasteiger partial charge is 0.382 e. The van der Waals surface area contributed by atoms with Crippen LogP contribution in [0.3, 0.4) is 0 Å². The first kappa shape index (κ1) is 15.7. The van der Waals surface area contributed by atoms with Crippen LogP contribution in [-0.4, -0.2) is 40.9 Å². The van der Waals surface area contributed by atoms with E-state index in [2.05, 4.69) is 4.98 Å². The molecule has 0 radical (unpaired) electrons. The monoisotopic (exact) mass is 302 g/mol. The van der Waals surface area contributed by atoms with Crippen LogP contribution in [0.15, 0.2) is 30.5 Å². The van der Waals surface area contributed by atoms with Gasteiger partial charge in [0.1, 0.15) is 5.82 Å². The van der Waals surface area contributed by atoms with Gasteiger partial charge in [-0.1, -0.05) is 6.07 Å². The molecule has 1 heterocycles. The van der Waals surface area contributed by atoms with Crippen LogP contribution in [0.5, 0.6) is 0 Å². The zero-order chi connectivity index (χ0) is 15.6. The van der Waals surface area contributed by atoms with Crippen molar-refractivity contribution in [2.75, 3.05) is 13.6 Å². The summed E-state index contributed by atoms with van der Waals surface area (Å²) in [5, 5.41) is 9.37. The summed E-state index contributed by atoms with van der Waals surface area (Å²) in [5.41, 5.74) is 1.01. The summed E-state index contributed by atoms with van der Waals surface area (Å²) in [6.45, 7) is -0.434. The molecule has 1 atom stereocenters. The average Bonchev–Trinajstić information content (AvgIpc) is 2.41. The Labute approximate surface area is 118 Å². The van der Waals surface area contributed by atoms with Crippen LogP contribution in [0.2, 0.25) is 0 Å². The summed E-state index contributed by atoms with van der Waals surface area (Å²) in [7, 11) is 1.45. The highest BCUT2D eigenvalue weighted by molar-refractivity contribution is 5.82. The van der Waals surface area contributed by atoms with Crippen LogP contribution >= 0.6 is 0 Å². The van der Waals surface area contributed by atoms with E-state index in [9.17, 15) is 17.6 Å². The zero-order valence-electron chi connectivity index (χ0n) is 11.2. The van der Waals surface area contributed by atoms with E-state index in [0.717, 1.165) is 0 Å². The molecule has 2 rings (SSSR count). The number of alkyl halides is 3. The van der Waals surface area contributed by atoms with E-state index in [1.54, 1.807) is 12.1 Å². The van der Waals surface area contributed by atoms with Gasteiger partial charge in [-0.15, -0.1) is 0 Å². The van der Waals surface area contributed by atoms with Crippen molar-refractivity contribution >= 4 is 10.9 Å². The molecule has 0 fully saturated rings. The molecule has 0 saturated heterocycles. The Morgan fingerprint density at radius 1 is 1.29 bits per heavy atom. The first-order chi connectivity index (χ1) is 9.79. The molecule has 0 aliphatic rings. The van der Waals surface area contributed by atoms with Crippen LogP contribution in [0.1, 0.15) is 5.56 Å². The Balaban J connectivity index is 2.19. The number of halogens is 4. The van der Waals surface area contributed by atoms with Crippen LogP contribution in [0.25, 0.3) is 10.9 Å². The summed E-state index contributed by atoms with van der Waals surface area (Å²) < 4.78 is 50.6. The minimum absolute atomic E-state index is 0.126. The van der Waals surface area contributed by atoms with E-state index in [4.69, 9.17) is 5.11 Å². The molecule has 0 bridgehead atoms. The molecule has 0 saturated carbocycles. The van der Waals surface area contributed by atoms with Crippen molar-refractivity contribution in [3.63, 3.8) is 0 Å². The second-order valence-electron chi connectivity index (χ2n) is 4.86. The van der Waals surface area contributed by atoms with Crippen LogP contribution in [-0.2, 0) is 6.54 Å². The summed E-state index contributed by atoms with van der Waals surface area (Å²) in [6.07, 6.45) is -5.57. The van der Waals surface area contributed by atoms with Gasteiger partial charge in [0.15, 0.2) is 6.10 Å². The van der Waals surface area contributed by atoms with Crippen molar-refractivity contribution in [1.29, 1.82) is 0 Å². The third-order valence-electron chi connectivity index (χ3n) is 3.10. The third kappa shape index (κ3) is 3.68. The Kier molecular flexibility index (Phi) is 4.43. The largest absolute Gasteiger partial charge is 0.415 e. The third-order valence-corrected chi connectivity index (χ3v) is 3.10. The maximum absolute atomic E-state index is 13.6. The molecule has 3 nitrogen and oxygen atoms in total. The molecule has 114 valence electrons. The van der Waals surface area contributed by atoms with E-state index in [0.29, 0.717) is 16.5 Å². The highest BCUT2D eigenvalue weighted by Gasteiger charge is 2.38. The maximum atomic E-state index is 13.6. The number of hydrogen-bond donors (Lipinski definition) is 1. The van der Waals surface area contributed by atoms with Gasteiger partial charge in [-0.25, -0.2) is 4.39 Å². The molecule has 0 amide bonds. The standard InChI is InChI=1S/C14H14F4N2O/c1-20(8-12(21)14(16,17)18)7-9-4-5-11(15)10-3-2-6-19-13(9)10/h2-6,12,21H,7-8H2,1H3. The van der Waals surface area contributed by atoms with Gasteiger partial charge in [0.05, 0.1) is 5.52 Å². The van der Waals surface area contributed by atoms with Crippen LogP contribution < -0.4 is 0 Å². The van der Waals surface area contributed by atoms with E-state index < -0.39 is 24.6 Å². The second kappa shape index (κ2) is 5.95. The van der Waals surface area contributed by atoms with Gasteiger partial charge < -0.3 is 5.11 Å². The fourth-order valence-electron chi connectivity index (χ4n) is 2.08. The minimum Gasteiger partial charge on any atom is -0.382 e. The number of benzene rings is 1. The Hall–Kier alpha value is -1.73. The van der Waals surface area contributed by atoms with E-state index in [1.807, 2.05) is 0 Å².